The molecular weight excluding hydrogens is 465 g/mol. The van der Waals surface area contributed by atoms with E-state index in [1.54, 1.807) is 6.92 Å². The Morgan fingerprint density at radius 1 is 1.15 bits per heavy atom. The van der Waals surface area contributed by atoms with Gasteiger partial charge in [-0.15, -0.1) is 0 Å². The molecule has 0 atom stereocenters. The van der Waals surface area contributed by atoms with Crippen molar-refractivity contribution in [3.63, 3.8) is 0 Å². The minimum absolute atomic E-state index is 0.0335. The Balaban J connectivity index is 1.55. The van der Waals surface area contributed by atoms with E-state index >= 15 is 0 Å². The first-order chi connectivity index (χ1) is 16.2. The second kappa shape index (κ2) is 9.43. The first-order valence-electron chi connectivity index (χ1n) is 10.2. The standard InChI is InChI=1S/C22H20FN5O5S/c1-13-25-21(33-27-13)3-2-10-24-22(30)18-12-20(29)26-19-9-8-16(11-17(18)19)34(31,32)28-15-6-4-14(23)5-7-15/h4-9,11-12,28H,2-3,10H2,1H3,(H,24,30)(H,26,29). The number of pyridine rings is 1. The van der Waals surface area contributed by atoms with Crippen molar-refractivity contribution in [2.24, 2.45) is 0 Å². The molecule has 2 heterocycles. The number of fused-ring (bicyclic) bond motifs is 1. The lowest BCUT2D eigenvalue weighted by atomic mass is 10.1. The zero-order valence-corrected chi connectivity index (χ0v) is 18.8. The number of amides is 1. The summed E-state index contributed by atoms with van der Waals surface area (Å²) in [4.78, 5) is 31.4. The van der Waals surface area contributed by atoms with Gasteiger partial charge in [0, 0.05) is 35.6 Å². The molecule has 0 fully saturated rings. The fourth-order valence-corrected chi connectivity index (χ4v) is 4.38. The lowest BCUT2D eigenvalue weighted by molar-refractivity contribution is 0.0954. The van der Waals surface area contributed by atoms with Crippen molar-refractivity contribution in [2.75, 3.05) is 11.3 Å². The number of aromatic amines is 1. The van der Waals surface area contributed by atoms with Crippen LogP contribution in [0, 0.1) is 12.7 Å². The Hall–Kier alpha value is -4.06. The quantitative estimate of drug-likeness (QED) is 0.325. The summed E-state index contributed by atoms with van der Waals surface area (Å²) in [6.07, 6.45) is 0.990. The predicted molar refractivity (Wildman–Crippen MR) is 121 cm³/mol. The molecule has 10 nitrogen and oxygen atoms in total. The second-order valence-electron chi connectivity index (χ2n) is 7.46. The van der Waals surface area contributed by atoms with Crippen LogP contribution in [0.4, 0.5) is 10.1 Å². The van der Waals surface area contributed by atoms with Gasteiger partial charge in [-0.3, -0.25) is 14.3 Å². The van der Waals surface area contributed by atoms with Crippen LogP contribution in [0.3, 0.4) is 0 Å². The summed E-state index contributed by atoms with van der Waals surface area (Å²) < 4.78 is 46.2. The molecule has 0 aliphatic heterocycles. The van der Waals surface area contributed by atoms with Crippen molar-refractivity contribution in [1.82, 2.24) is 20.4 Å². The third-order valence-corrected chi connectivity index (χ3v) is 6.27. The van der Waals surface area contributed by atoms with Gasteiger partial charge in [-0.2, -0.15) is 4.98 Å². The molecular formula is C22H20FN5O5S. The highest BCUT2D eigenvalue weighted by Crippen LogP contribution is 2.22. The van der Waals surface area contributed by atoms with Crippen LogP contribution >= 0.6 is 0 Å². The van der Waals surface area contributed by atoms with E-state index < -0.39 is 27.3 Å². The Labute approximate surface area is 193 Å². The van der Waals surface area contributed by atoms with Crippen LogP contribution in [-0.4, -0.2) is 36.0 Å². The van der Waals surface area contributed by atoms with Crippen LogP contribution in [0.5, 0.6) is 0 Å². The SMILES string of the molecule is Cc1noc(CCCNC(=O)c2cc(=O)[nH]c3ccc(S(=O)(=O)Nc4ccc(F)cc4)cc23)n1. The van der Waals surface area contributed by atoms with Gasteiger partial charge >= 0.3 is 0 Å². The average molecular weight is 485 g/mol. The number of hydrogen-bond donors (Lipinski definition) is 3. The van der Waals surface area contributed by atoms with Crippen LogP contribution in [0.2, 0.25) is 0 Å². The van der Waals surface area contributed by atoms with Gasteiger partial charge in [-0.25, -0.2) is 12.8 Å². The van der Waals surface area contributed by atoms with Gasteiger partial charge in [0.15, 0.2) is 5.82 Å². The average Bonchev–Trinajstić information content (AvgIpc) is 3.22. The molecule has 0 radical (unpaired) electrons. The number of anilines is 1. The van der Waals surface area contributed by atoms with Crippen molar-refractivity contribution in [3.8, 4) is 0 Å². The van der Waals surface area contributed by atoms with E-state index in [0.29, 0.717) is 30.1 Å². The summed E-state index contributed by atoms with van der Waals surface area (Å²) in [6.45, 7) is 1.98. The van der Waals surface area contributed by atoms with E-state index in [9.17, 15) is 22.4 Å². The van der Waals surface area contributed by atoms with E-state index in [4.69, 9.17) is 4.52 Å². The van der Waals surface area contributed by atoms with Gasteiger partial charge in [0.2, 0.25) is 11.4 Å². The van der Waals surface area contributed by atoms with E-state index in [0.717, 1.165) is 18.2 Å². The Kier molecular flexibility index (Phi) is 6.41. The highest BCUT2D eigenvalue weighted by molar-refractivity contribution is 7.92. The monoisotopic (exact) mass is 485 g/mol. The van der Waals surface area contributed by atoms with Crippen molar-refractivity contribution in [2.45, 2.75) is 24.7 Å². The molecule has 3 N–H and O–H groups in total. The summed E-state index contributed by atoms with van der Waals surface area (Å²) in [7, 11) is -4.04. The van der Waals surface area contributed by atoms with Gasteiger partial charge < -0.3 is 14.8 Å². The molecule has 0 unspecified atom stereocenters. The summed E-state index contributed by atoms with van der Waals surface area (Å²) in [6, 6.07) is 9.97. The number of aryl methyl sites for hydroxylation is 2. The summed E-state index contributed by atoms with van der Waals surface area (Å²) in [5.74, 6) is -0.0511. The van der Waals surface area contributed by atoms with Crippen LogP contribution in [0.1, 0.15) is 28.5 Å². The summed E-state index contributed by atoms with van der Waals surface area (Å²) >= 11 is 0. The number of aromatic nitrogens is 3. The maximum atomic E-state index is 13.1. The zero-order valence-electron chi connectivity index (χ0n) is 18.0. The van der Waals surface area contributed by atoms with E-state index in [-0.39, 0.29) is 28.1 Å². The molecule has 2 aromatic carbocycles. The molecule has 0 saturated carbocycles. The number of carbonyl (C=O) groups is 1. The minimum atomic E-state index is -4.04. The number of sulfonamides is 1. The Morgan fingerprint density at radius 3 is 2.62 bits per heavy atom. The number of benzene rings is 2. The Morgan fingerprint density at radius 2 is 1.91 bits per heavy atom. The molecule has 12 heteroatoms. The topological polar surface area (TPSA) is 147 Å². The fraction of sp³-hybridized carbons (Fsp3) is 0.182. The summed E-state index contributed by atoms with van der Waals surface area (Å²) in [5, 5.41) is 6.67. The normalized spacial score (nSPS) is 11.5. The van der Waals surface area contributed by atoms with Crippen LogP contribution in [-0.2, 0) is 16.4 Å². The molecule has 0 bridgehead atoms. The smallest absolute Gasteiger partial charge is 0.261 e. The van der Waals surface area contributed by atoms with E-state index in [2.05, 4.69) is 25.2 Å². The van der Waals surface area contributed by atoms with Gasteiger partial charge in [0.25, 0.3) is 15.9 Å². The molecule has 0 aliphatic rings. The number of rotatable bonds is 8. The second-order valence-corrected chi connectivity index (χ2v) is 9.14. The minimum Gasteiger partial charge on any atom is -0.352 e. The molecule has 4 aromatic rings. The lowest BCUT2D eigenvalue weighted by Gasteiger charge is -2.11. The van der Waals surface area contributed by atoms with Gasteiger partial charge in [-0.05, 0) is 55.8 Å². The van der Waals surface area contributed by atoms with E-state index in [1.165, 1.54) is 30.3 Å². The van der Waals surface area contributed by atoms with Crippen molar-refractivity contribution in [1.29, 1.82) is 0 Å². The molecule has 4 rings (SSSR count). The maximum absolute atomic E-state index is 13.1. The van der Waals surface area contributed by atoms with Gasteiger partial charge in [-0.1, -0.05) is 5.16 Å². The molecule has 176 valence electrons. The van der Waals surface area contributed by atoms with Gasteiger partial charge in [0.1, 0.15) is 5.82 Å². The maximum Gasteiger partial charge on any atom is 0.261 e. The molecule has 2 aromatic heterocycles. The fourth-order valence-electron chi connectivity index (χ4n) is 3.30. The van der Waals surface area contributed by atoms with Gasteiger partial charge in [0.05, 0.1) is 10.5 Å². The van der Waals surface area contributed by atoms with Crippen molar-refractivity contribution in [3.05, 3.63) is 82.0 Å². The highest BCUT2D eigenvalue weighted by atomic mass is 32.2. The van der Waals surface area contributed by atoms with Crippen molar-refractivity contribution < 1.29 is 22.1 Å². The number of hydrogen-bond acceptors (Lipinski definition) is 7. The third kappa shape index (κ3) is 5.29. The van der Waals surface area contributed by atoms with Crippen LogP contribution in [0.15, 0.2) is 62.7 Å². The molecule has 1 amide bonds. The van der Waals surface area contributed by atoms with Crippen LogP contribution < -0.4 is 15.6 Å². The van der Waals surface area contributed by atoms with E-state index in [1.807, 2.05) is 0 Å². The first-order valence-corrected chi connectivity index (χ1v) is 11.7. The number of carbonyl (C=O) groups excluding carboxylic acids is 1. The predicted octanol–water partition coefficient (Wildman–Crippen LogP) is 2.52. The largest absolute Gasteiger partial charge is 0.352 e. The molecule has 0 spiro atoms. The first kappa shape index (κ1) is 23.1. The highest BCUT2D eigenvalue weighted by Gasteiger charge is 2.18. The molecule has 34 heavy (non-hydrogen) atoms. The lowest BCUT2D eigenvalue weighted by Crippen LogP contribution is -2.26. The Bertz CT molecular complexity index is 1510. The number of nitrogens with one attached hydrogen (secondary N) is 3. The number of H-pyrrole nitrogens is 1. The number of nitrogens with zero attached hydrogens (tertiary/aromatic N) is 2. The summed E-state index contributed by atoms with van der Waals surface area (Å²) in [5.41, 5.74) is 0.0161. The van der Waals surface area contributed by atoms with Crippen molar-refractivity contribution >= 4 is 32.5 Å². The number of halogens is 1. The molecule has 0 aliphatic carbocycles. The third-order valence-electron chi connectivity index (χ3n) is 4.89. The molecule has 0 saturated heterocycles. The van der Waals surface area contributed by atoms with Crippen LogP contribution in [0.25, 0.3) is 10.9 Å². The zero-order chi connectivity index (χ0) is 24.3.